The number of benzene rings is 1. The molecule has 0 radical (unpaired) electrons. The molecular formula is C14H20ClFN4. The summed E-state index contributed by atoms with van der Waals surface area (Å²) in [6.07, 6.45) is 0.965. The molecule has 0 amide bonds. The van der Waals surface area contributed by atoms with Gasteiger partial charge >= 0.3 is 0 Å². The molecule has 1 aromatic heterocycles. The van der Waals surface area contributed by atoms with Gasteiger partial charge in [-0.25, -0.2) is 9.37 Å². The van der Waals surface area contributed by atoms with Crippen LogP contribution in [0.25, 0.3) is 11.0 Å². The highest BCUT2D eigenvalue weighted by molar-refractivity contribution is 6.31. The van der Waals surface area contributed by atoms with Crippen LogP contribution in [0.3, 0.4) is 0 Å². The van der Waals surface area contributed by atoms with Crippen molar-refractivity contribution in [2.24, 2.45) is 0 Å². The van der Waals surface area contributed by atoms with Crippen molar-refractivity contribution in [2.75, 3.05) is 25.4 Å². The summed E-state index contributed by atoms with van der Waals surface area (Å²) in [5.74, 6) is -0.0619. The van der Waals surface area contributed by atoms with Crippen LogP contribution in [0.2, 0.25) is 5.02 Å². The van der Waals surface area contributed by atoms with Crippen LogP contribution in [-0.2, 0) is 6.54 Å². The Balaban J connectivity index is 2.17. The molecular weight excluding hydrogens is 279 g/mol. The first kappa shape index (κ1) is 15.1. The molecule has 20 heavy (non-hydrogen) atoms. The van der Waals surface area contributed by atoms with E-state index in [9.17, 15) is 4.39 Å². The van der Waals surface area contributed by atoms with Gasteiger partial charge in [-0.05, 0) is 32.1 Å². The van der Waals surface area contributed by atoms with Crippen LogP contribution in [0.5, 0.6) is 0 Å². The number of nitrogens with zero attached hydrogens (tertiary/aromatic N) is 3. The normalized spacial score (nSPS) is 11.7. The minimum atomic E-state index is -0.466. The van der Waals surface area contributed by atoms with Crippen LogP contribution >= 0.6 is 11.6 Å². The Morgan fingerprint density at radius 3 is 2.70 bits per heavy atom. The maximum Gasteiger partial charge on any atom is 0.201 e. The first-order valence-corrected chi connectivity index (χ1v) is 7.27. The Morgan fingerprint density at radius 1 is 1.35 bits per heavy atom. The summed E-state index contributed by atoms with van der Waals surface area (Å²) in [4.78, 5) is 6.53. The number of nitrogen functional groups attached to an aromatic ring is 1. The van der Waals surface area contributed by atoms with E-state index in [0.29, 0.717) is 11.5 Å². The third kappa shape index (κ3) is 3.04. The molecule has 1 aromatic carbocycles. The summed E-state index contributed by atoms with van der Waals surface area (Å²) in [5, 5.41) is 0.0994. The van der Waals surface area contributed by atoms with Gasteiger partial charge in [-0.2, -0.15) is 0 Å². The van der Waals surface area contributed by atoms with Crippen molar-refractivity contribution < 1.29 is 4.39 Å². The third-order valence-corrected chi connectivity index (χ3v) is 3.86. The molecule has 0 spiro atoms. The highest BCUT2D eigenvalue weighted by Gasteiger charge is 2.11. The number of fused-ring (bicyclic) bond motifs is 1. The minimum Gasteiger partial charge on any atom is -0.369 e. The average Bonchev–Trinajstić information content (AvgIpc) is 2.71. The zero-order valence-electron chi connectivity index (χ0n) is 11.9. The smallest absolute Gasteiger partial charge is 0.201 e. The van der Waals surface area contributed by atoms with E-state index in [0.717, 1.165) is 38.1 Å². The topological polar surface area (TPSA) is 47.1 Å². The maximum atomic E-state index is 13.4. The predicted octanol–water partition coefficient (Wildman–Crippen LogP) is 3.14. The number of halogens is 2. The summed E-state index contributed by atoms with van der Waals surface area (Å²) in [6.45, 7) is 8.11. The fourth-order valence-electron chi connectivity index (χ4n) is 2.37. The summed E-state index contributed by atoms with van der Waals surface area (Å²) >= 11 is 5.83. The molecule has 2 aromatic rings. The molecule has 2 rings (SSSR count). The van der Waals surface area contributed by atoms with Gasteiger partial charge in [0, 0.05) is 12.6 Å². The molecule has 4 nitrogen and oxygen atoms in total. The molecule has 0 bridgehead atoms. The van der Waals surface area contributed by atoms with Gasteiger partial charge in [0.05, 0.1) is 16.1 Å². The second-order valence-electron chi connectivity index (χ2n) is 4.76. The molecule has 0 saturated carbocycles. The minimum absolute atomic E-state index is 0.0994. The number of imidazole rings is 1. The average molecular weight is 299 g/mol. The van der Waals surface area contributed by atoms with Crippen LogP contribution in [0, 0.1) is 5.82 Å². The van der Waals surface area contributed by atoms with Crippen LogP contribution in [0.4, 0.5) is 10.3 Å². The number of anilines is 1. The molecule has 2 N–H and O–H groups in total. The standard InChI is InChI=1S/C14H20ClFN4/c1-3-19(4-2)6-5-7-20-13-8-10(15)11(16)9-12(13)18-14(20)17/h8-9H,3-7H2,1-2H3,(H2,17,18). The van der Waals surface area contributed by atoms with Gasteiger partial charge in [0.1, 0.15) is 5.82 Å². The lowest BCUT2D eigenvalue weighted by Crippen LogP contribution is -2.25. The van der Waals surface area contributed by atoms with Gasteiger partial charge in [0.15, 0.2) is 0 Å². The molecule has 0 aliphatic rings. The van der Waals surface area contributed by atoms with Crippen molar-refractivity contribution >= 4 is 28.6 Å². The molecule has 0 aliphatic heterocycles. The molecule has 110 valence electrons. The molecule has 0 atom stereocenters. The molecule has 0 fully saturated rings. The zero-order valence-corrected chi connectivity index (χ0v) is 12.6. The second-order valence-corrected chi connectivity index (χ2v) is 5.16. The Labute approximate surface area is 123 Å². The van der Waals surface area contributed by atoms with Crippen LogP contribution in [0.15, 0.2) is 12.1 Å². The van der Waals surface area contributed by atoms with Crippen LogP contribution < -0.4 is 5.73 Å². The monoisotopic (exact) mass is 298 g/mol. The van der Waals surface area contributed by atoms with Gasteiger partial charge in [0.25, 0.3) is 0 Å². The summed E-state index contributed by atoms with van der Waals surface area (Å²) in [5.41, 5.74) is 7.24. The van der Waals surface area contributed by atoms with Crippen molar-refractivity contribution in [3.05, 3.63) is 23.0 Å². The van der Waals surface area contributed by atoms with E-state index < -0.39 is 5.82 Å². The van der Waals surface area contributed by atoms with Gasteiger partial charge in [0.2, 0.25) is 5.95 Å². The van der Waals surface area contributed by atoms with Crippen molar-refractivity contribution in [3.8, 4) is 0 Å². The lowest BCUT2D eigenvalue weighted by molar-refractivity contribution is 0.294. The van der Waals surface area contributed by atoms with Gasteiger partial charge in [-0.1, -0.05) is 25.4 Å². The van der Waals surface area contributed by atoms with Gasteiger partial charge in [-0.3, -0.25) is 0 Å². The lowest BCUT2D eigenvalue weighted by atomic mass is 10.3. The fourth-order valence-corrected chi connectivity index (χ4v) is 2.52. The first-order valence-electron chi connectivity index (χ1n) is 6.89. The zero-order chi connectivity index (χ0) is 14.7. The number of rotatable bonds is 6. The Bertz CT molecular complexity index is 592. The molecule has 6 heteroatoms. The molecule has 1 heterocycles. The van der Waals surface area contributed by atoms with E-state index in [1.165, 1.54) is 6.07 Å². The molecule has 0 unspecified atom stereocenters. The quantitative estimate of drug-likeness (QED) is 0.891. The summed E-state index contributed by atoms with van der Waals surface area (Å²) in [6, 6.07) is 2.92. The Hall–Kier alpha value is -1.33. The Kier molecular flexibility index (Phi) is 4.83. The van der Waals surface area contributed by atoms with E-state index in [1.54, 1.807) is 6.07 Å². The van der Waals surface area contributed by atoms with E-state index >= 15 is 0 Å². The first-order chi connectivity index (χ1) is 9.56. The van der Waals surface area contributed by atoms with Gasteiger partial charge < -0.3 is 15.2 Å². The third-order valence-electron chi connectivity index (χ3n) is 3.57. The Morgan fingerprint density at radius 2 is 2.05 bits per heavy atom. The largest absolute Gasteiger partial charge is 0.369 e. The maximum absolute atomic E-state index is 13.4. The second kappa shape index (κ2) is 6.41. The van der Waals surface area contributed by atoms with Gasteiger partial charge in [-0.15, -0.1) is 0 Å². The summed E-state index contributed by atoms with van der Waals surface area (Å²) in [7, 11) is 0. The van der Waals surface area contributed by atoms with Crippen LogP contribution in [0.1, 0.15) is 20.3 Å². The fraction of sp³-hybridized carbons (Fsp3) is 0.500. The molecule has 0 aliphatic carbocycles. The number of aryl methyl sites for hydroxylation is 1. The number of hydrogen-bond acceptors (Lipinski definition) is 3. The van der Waals surface area contributed by atoms with E-state index in [2.05, 4.69) is 23.7 Å². The number of hydrogen-bond donors (Lipinski definition) is 1. The highest BCUT2D eigenvalue weighted by atomic mass is 35.5. The van der Waals surface area contributed by atoms with Crippen molar-refractivity contribution in [1.29, 1.82) is 0 Å². The SMILES string of the molecule is CCN(CC)CCCn1c(N)nc2cc(F)c(Cl)cc21. The highest BCUT2D eigenvalue weighted by Crippen LogP contribution is 2.25. The molecule has 0 saturated heterocycles. The van der Waals surface area contributed by atoms with Crippen molar-refractivity contribution in [2.45, 2.75) is 26.8 Å². The van der Waals surface area contributed by atoms with E-state index in [4.69, 9.17) is 17.3 Å². The lowest BCUT2D eigenvalue weighted by Gasteiger charge is -2.18. The van der Waals surface area contributed by atoms with Crippen molar-refractivity contribution in [3.63, 3.8) is 0 Å². The van der Waals surface area contributed by atoms with E-state index in [-0.39, 0.29) is 5.02 Å². The number of nitrogens with two attached hydrogens (primary N) is 1. The predicted molar refractivity (Wildman–Crippen MR) is 81.5 cm³/mol. The summed E-state index contributed by atoms with van der Waals surface area (Å²) < 4.78 is 15.3. The van der Waals surface area contributed by atoms with Crippen LogP contribution in [-0.4, -0.2) is 34.1 Å². The van der Waals surface area contributed by atoms with E-state index in [1.807, 2.05) is 4.57 Å². The number of aromatic nitrogens is 2. The van der Waals surface area contributed by atoms with Crippen molar-refractivity contribution in [1.82, 2.24) is 14.5 Å².